The molecule has 0 spiro atoms. The topological polar surface area (TPSA) is 9.23 Å². The Balaban J connectivity index is 1.98. The lowest BCUT2D eigenvalue weighted by Crippen LogP contribution is -2.16. The van der Waals surface area contributed by atoms with Crippen LogP contribution in [0.1, 0.15) is 0 Å². The van der Waals surface area contributed by atoms with Crippen LogP contribution in [0.5, 0.6) is 5.75 Å². The highest BCUT2D eigenvalue weighted by Gasteiger charge is 2.31. The molecule has 0 radical (unpaired) electrons. The fourth-order valence-electron chi connectivity index (χ4n) is 2.40. The number of alkyl halides is 3. The second kappa shape index (κ2) is 7.01. The predicted molar refractivity (Wildman–Crippen MR) is 89.8 cm³/mol. The monoisotopic (exact) mass is 348 g/mol. The summed E-state index contributed by atoms with van der Waals surface area (Å²) in [6, 6.07) is 26.1. The highest BCUT2D eigenvalue weighted by molar-refractivity contribution is 8.17. The highest BCUT2D eigenvalue weighted by Crippen LogP contribution is 2.51. The van der Waals surface area contributed by atoms with E-state index < -0.39 is 17.3 Å². The third-order valence-electron chi connectivity index (χ3n) is 3.36. The first-order chi connectivity index (χ1) is 11.5. The molecule has 0 aromatic heterocycles. The van der Waals surface area contributed by atoms with Crippen LogP contribution in [0, 0.1) is 0 Å². The summed E-state index contributed by atoms with van der Waals surface area (Å²) in [5, 5.41) is 0. The van der Waals surface area contributed by atoms with Crippen LogP contribution in [0.25, 0.3) is 0 Å². The maximum absolute atomic E-state index is 12.3. The van der Waals surface area contributed by atoms with Crippen LogP contribution in [-0.2, 0) is 0 Å². The van der Waals surface area contributed by atoms with Crippen LogP contribution in [-0.4, -0.2) is 6.36 Å². The molecule has 0 amide bonds. The maximum Gasteiger partial charge on any atom is 0.573 e. The molecule has 24 heavy (non-hydrogen) atoms. The fourth-order valence-corrected chi connectivity index (χ4v) is 4.68. The quantitative estimate of drug-likeness (QED) is 0.564. The van der Waals surface area contributed by atoms with Crippen LogP contribution >= 0.6 is 10.9 Å². The average molecular weight is 348 g/mol. The van der Waals surface area contributed by atoms with E-state index in [0.717, 1.165) is 14.7 Å². The second-order valence-electron chi connectivity index (χ2n) is 5.05. The fraction of sp³-hybridized carbons (Fsp3) is 0.0526. The van der Waals surface area contributed by atoms with Crippen LogP contribution in [0.3, 0.4) is 0 Å². The van der Waals surface area contributed by atoms with E-state index in [2.05, 4.69) is 4.74 Å². The molecular formula is C19H15F3OS. The van der Waals surface area contributed by atoms with Gasteiger partial charge in [-0.3, -0.25) is 0 Å². The molecule has 5 heteroatoms. The molecule has 0 atom stereocenters. The van der Waals surface area contributed by atoms with Gasteiger partial charge in [0.2, 0.25) is 0 Å². The molecule has 0 saturated heterocycles. The predicted octanol–water partition coefficient (Wildman–Crippen LogP) is 6.06. The van der Waals surface area contributed by atoms with Crippen molar-refractivity contribution in [2.45, 2.75) is 21.0 Å². The Bertz CT molecular complexity index is 732. The van der Waals surface area contributed by atoms with Gasteiger partial charge in [-0.15, -0.1) is 13.2 Å². The summed E-state index contributed by atoms with van der Waals surface area (Å²) in [5.41, 5.74) is 0. The van der Waals surface area contributed by atoms with Gasteiger partial charge in [0.25, 0.3) is 0 Å². The Labute approximate surface area is 141 Å². The number of hydrogen-bond acceptors (Lipinski definition) is 1. The largest absolute Gasteiger partial charge is 0.573 e. The summed E-state index contributed by atoms with van der Waals surface area (Å²) in [7, 11) is -0.828. The van der Waals surface area contributed by atoms with Crippen LogP contribution < -0.4 is 4.74 Å². The molecule has 3 aromatic carbocycles. The molecule has 0 unspecified atom stereocenters. The first-order valence-electron chi connectivity index (χ1n) is 7.29. The summed E-state index contributed by atoms with van der Waals surface area (Å²) in [5.74, 6) is -0.206. The van der Waals surface area contributed by atoms with Crippen molar-refractivity contribution in [3.63, 3.8) is 0 Å². The van der Waals surface area contributed by atoms with Crippen molar-refractivity contribution in [3.8, 4) is 5.75 Å². The zero-order valence-electron chi connectivity index (χ0n) is 12.6. The van der Waals surface area contributed by atoms with Gasteiger partial charge >= 0.3 is 6.36 Å². The maximum atomic E-state index is 12.3. The van der Waals surface area contributed by atoms with Crippen LogP contribution in [0.4, 0.5) is 13.2 Å². The van der Waals surface area contributed by atoms with Crippen molar-refractivity contribution < 1.29 is 17.9 Å². The van der Waals surface area contributed by atoms with Crippen molar-refractivity contribution in [1.29, 1.82) is 0 Å². The number of thiol groups is 1. The van der Waals surface area contributed by atoms with E-state index in [-0.39, 0.29) is 5.75 Å². The standard InChI is InChI=1S/C19H15F3OS/c20-19(21,22)23-15-11-13-18(14-12-15)24(16-7-3-1-4-8-16)17-9-5-2-6-10-17/h1-14,24H. The molecule has 3 rings (SSSR count). The van der Waals surface area contributed by atoms with Gasteiger partial charge in [0.1, 0.15) is 5.75 Å². The normalized spacial score (nSPS) is 11.9. The van der Waals surface area contributed by atoms with E-state index >= 15 is 0 Å². The van der Waals surface area contributed by atoms with Gasteiger partial charge in [0.05, 0.1) is 0 Å². The molecule has 0 aliphatic rings. The van der Waals surface area contributed by atoms with Crippen molar-refractivity contribution in [3.05, 3.63) is 84.9 Å². The minimum Gasteiger partial charge on any atom is -0.406 e. The summed E-state index contributed by atoms with van der Waals surface area (Å²) >= 11 is 0. The Morgan fingerprint density at radius 1 is 0.583 bits per heavy atom. The Morgan fingerprint density at radius 3 is 1.42 bits per heavy atom. The van der Waals surface area contributed by atoms with Gasteiger partial charge < -0.3 is 4.74 Å². The Kier molecular flexibility index (Phi) is 4.81. The highest BCUT2D eigenvalue weighted by atomic mass is 32.2. The summed E-state index contributed by atoms with van der Waals surface area (Å²) in [4.78, 5) is 3.25. The minimum absolute atomic E-state index is 0.206. The summed E-state index contributed by atoms with van der Waals surface area (Å²) < 4.78 is 40.9. The molecule has 0 N–H and O–H groups in total. The SMILES string of the molecule is FC(F)(F)Oc1ccc([SH](c2ccccc2)c2ccccc2)cc1. The van der Waals surface area contributed by atoms with E-state index in [1.807, 2.05) is 60.7 Å². The lowest BCUT2D eigenvalue weighted by molar-refractivity contribution is -0.274. The van der Waals surface area contributed by atoms with E-state index in [4.69, 9.17) is 0 Å². The van der Waals surface area contributed by atoms with Crippen molar-refractivity contribution in [1.82, 2.24) is 0 Å². The van der Waals surface area contributed by atoms with Crippen LogP contribution in [0.2, 0.25) is 0 Å². The second-order valence-corrected chi connectivity index (χ2v) is 7.27. The molecule has 124 valence electrons. The minimum atomic E-state index is -4.68. The third kappa shape index (κ3) is 4.11. The van der Waals surface area contributed by atoms with Gasteiger partial charge in [-0.1, -0.05) is 36.4 Å². The summed E-state index contributed by atoms with van der Waals surface area (Å²) in [6.07, 6.45) is -4.68. The summed E-state index contributed by atoms with van der Waals surface area (Å²) in [6.45, 7) is 0. The Hall–Kier alpha value is -2.40. The van der Waals surface area contributed by atoms with Crippen molar-refractivity contribution in [2.75, 3.05) is 0 Å². The van der Waals surface area contributed by atoms with Gasteiger partial charge in [-0.25, -0.2) is 0 Å². The van der Waals surface area contributed by atoms with E-state index in [0.29, 0.717) is 0 Å². The van der Waals surface area contributed by atoms with Crippen LogP contribution in [0.15, 0.2) is 99.6 Å². The van der Waals surface area contributed by atoms with Gasteiger partial charge in [-0.2, -0.15) is 10.9 Å². The Morgan fingerprint density at radius 2 is 1.00 bits per heavy atom. The number of benzene rings is 3. The lowest BCUT2D eigenvalue weighted by Gasteiger charge is -2.23. The molecule has 0 aliphatic carbocycles. The molecular weight excluding hydrogens is 333 g/mol. The molecule has 3 aromatic rings. The molecule has 0 bridgehead atoms. The molecule has 0 heterocycles. The van der Waals surface area contributed by atoms with E-state index in [1.54, 1.807) is 12.1 Å². The third-order valence-corrected chi connectivity index (χ3v) is 5.80. The zero-order chi connectivity index (χ0) is 17.0. The molecule has 1 nitrogen and oxygen atoms in total. The van der Waals surface area contributed by atoms with Crippen molar-refractivity contribution >= 4 is 10.9 Å². The number of rotatable bonds is 4. The lowest BCUT2D eigenvalue weighted by atomic mass is 10.3. The molecule has 0 saturated carbocycles. The first-order valence-corrected chi connectivity index (χ1v) is 8.63. The van der Waals surface area contributed by atoms with Gasteiger partial charge in [0, 0.05) is 0 Å². The first kappa shape index (κ1) is 16.5. The number of ether oxygens (including phenoxy) is 1. The van der Waals surface area contributed by atoms with Crippen molar-refractivity contribution in [2.24, 2.45) is 0 Å². The number of hydrogen-bond donors (Lipinski definition) is 1. The molecule has 0 aliphatic heterocycles. The molecule has 0 fully saturated rings. The average Bonchev–Trinajstić information content (AvgIpc) is 2.57. The van der Waals surface area contributed by atoms with Gasteiger partial charge in [-0.05, 0) is 63.2 Å². The van der Waals surface area contributed by atoms with Gasteiger partial charge in [0.15, 0.2) is 0 Å². The smallest absolute Gasteiger partial charge is 0.406 e. The van der Waals surface area contributed by atoms with E-state index in [9.17, 15) is 13.2 Å². The zero-order valence-corrected chi connectivity index (χ0v) is 13.5. The number of halogens is 3. The van der Waals surface area contributed by atoms with E-state index in [1.165, 1.54) is 12.1 Å².